The molecule has 0 heteroatoms. The Morgan fingerprint density at radius 1 is 0.385 bits per heavy atom. The zero-order chi connectivity index (χ0) is 17.6. The summed E-state index contributed by atoms with van der Waals surface area (Å²) in [6, 6.07) is 44.0. The normalized spacial score (nSPS) is 11.0. The highest BCUT2D eigenvalue weighted by atomic mass is 14.3. The molecule has 0 fully saturated rings. The summed E-state index contributed by atoms with van der Waals surface area (Å²) in [5.41, 5.74) is 5.31. The summed E-state index contributed by atoms with van der Waals surface area (Å²) in [4.78, 5) is 0. The molecule has 0 aromatic heterocycles. The zero-order valence-corrected chi connectivity index (χ0v) is 14.6. The molecule has 4 aromatic carbocycles. The molecule has 0 aliphatic rings. The van der Waals surface area contributed by atoms with Gasteiger partial charge >= 0.3 is 0 Å². The van der Waals surface area contributed by atoms with Crippen LogP contribution in [0.5, 0.6) is 0 Å². The van der Waals surface area contributed by atoms with Crippen LogP contribution in [-0.2, 0) is 0 Å². The maximum absolute atomic E-state index is 3.16. The van der Waals surface area contributed by atoms with Gasteiger partial charge in [-0.05, 0) is 28.3 Å². The smallest absolute Gasteiger partial charge is 0.0199 e. The van der Waals surface area contributed by atoms with Gasteiger partial charge in [-0.25, -0.2) is 0 Å². The Hall–Kier alpha value is -3.12. The molecule has 0 heterocycles. The van der Waals surface area contributed by atoms with Crippen LogP contribution in [0.25, 0.3) is 0 Å². The maximum Gasteiger partial charge on any atom is 0.0199 e. The Bertz CT molecular complexity index is 753. The van der Waals surface area contributed by atoms with E-state index in [2.05, 4.69) is 109 Å². The van der Waals surface area contributed by atoms with Crippen LogP contribution in [0.2, 0.25) is 0 Å². The highest BCUT2D eigenvalue weighted by molar-refractivity contribution is 5.44. The first-order valence-corrected chi connectivity index (χ1v) is 9.04. The van der Waals surface area contributed by atoms with Crippen LogP contribution < -0.4 is 0 Å². The standard InChI is InChI=1S/C26H21/c1-5-13-21(14-6-1)25(22-15-7-2-8-16-22)26(23-17-9-3-10-18-23)24-19-11-4-12-20-24/h1-3,5-20,25-26H. The van der Waals surface area contributed by atoms with Gasteiger partial charge in [0.1, 0.15) is 0 Å². The predicted octanol–water partition coefficient (Wildman–Crippen LogP) is 6.45. The SMILES string of the molecule is [c]1ccc(C(c2ccccc2)C(c2ccccc2)c2ccccc2)cc1. The second kappa shape index (κ2) is 7.84. The van der Waals surface area contributed by atoms with Crippen molar-refractivity contribution in [1.82, 2.24) is 0 Å². The molecule has 0 saturated heterocycles. The Balaban J connectivity index is 1.93. The van der Waals surface area contributed by atoms with E-state index in [9.17, 15) is 0 Å². The van der Waals surface area contributed by atoms with E-state index in [1.54, 1.807) is 0 Å². The number of benzene rings is 4. The minimum Gasteiger partial charge on any atom is -0.0622 e. The molecule has 1 radical (unpaired) electrons. The average molecular weight is 333 g/mol. The van der Waals surface area contributed by atoms with E-state index in [0.29, 0.717) is 0 Å². The number of hydrogen-bond donors (Lipinski definition) is 0. The fourth-order valence-electron chi connectivity index (χ4n) is 3.74. The van der Waals surface area contributed by atoms with Crippen LogP contribution in [0.3, 0.4) is 0 Å². The van der Waals surface area contributed by atoms with E-state index >= 15 is 0 Å². The quantitative estimate of drug-likeness (QED) is 0.393. The zero-order valence-electron chi connectivity index (χ0n) is 14.6. The molecule has 4 rings (SSSR count). The van der Waals surface area contributed by atoms with Crippen LogP contribution in [0.15, 0.2) is 115 Å². The lowest BCUT2D eigenvalue weighted by atomic mass is 9.74. The van der Waals surface area contributed by atoms with Crippen molar-refractivity contribution in [1.29, 1.82) is 0 Å². The lowest BCUT2D eigenvalue weighted by Gasteiger charge is -2.29. The van der Waals surface area contributed by atoms with Gasteiger partial charge in [0.15, 0.2) is 0 Å². The molecule has 0 spiro atoms. The third-order valence-corrected chi connectivity index (χ3v) is 4.91. The van der Waals surface area contributed by atoms with Crippen LogP contribution in [-0.4, -0.2) is 0 Å². The monoisotopic (exact) mass is 333 g/mol. The molecule has 0 amide bonds. The summed E-state index contributed by atoms with van der Waals surface area (Å²) < 4.78 is 0. The van der Waals surface area contributed by atoms with Crippen molar-refractivity contribution in [2.45, 2.75) is 11.8 Å². The summed E-state index contributed by atoms with van der Waals surface area (Å²) in [6.45, 7) is 0. The van der Waals surface area contributed by atoms with Crippen molar-refractivity contribution in [3.63, 3.8) is 0 Å². The first-order valence-electron chi connectivity index (χ1n) is 9.04. The van der Waals surface area contributed by atoms with E-state index in [1.807, 2.05) is 12.1 Å². The van der Waals surface area contributed by atoms with Gasteiger partial charge in [-0.2, -0.15) is 0 Å². The third kappa shape index (κ3) is 3.45. The fourth-order valence-corrected chi connectivity index (χ4v) is 3.74. The minimum absolute atomic E-state index is 0.246. The summed E-state index contributed by atoms with van der Waals surface area (Å²) in [5, 5.41) is 0. The van der Waals surface area contributed by atoms with E-state index in [4.69, 9.17) is 0 Å². The van der Waals surface area contributed by atoms with E-state index < -0.39 is 0 Å². The summed E-state index contributed by atoms with van der Waals surface area (Å²) in [6.07, 6.45) is 0. The maximum atomic E-state index is 3.16. The highest BCUT2D eigenvalue weighted by Gasteiger charge is 2.27. The average Bonchev–Trinajstić information content (AvgIpc) is 2.74. The third-order valence-electron chi connectivity index (χ3n) is 4.91. The van der Waals surface area contributed by atoms with Crippen LogP contribution in [0.4, 0.5) is 0 Å². The molecular weight excluding hydrogens is 312 g/mol. The molecule has 0 nitrogen and oxygen atoms in total. The first-order chi connectivity index (χ1) is 12.9. The Labute approximate surface area is 155 Å². The lowest BCUT2D eigenvalue weighted by molar-refractivity contribution is 0.694. The van der Waals surface area contributed by atoms with Gasteiger partial charge in [-0.15, -0.1) is 0 Å². The van der Waals surface area contributed by atoms with Crippen molar-refractivity contribution < 1.29 is 0 Å². The van der Waals surface area contributed by atoms with Crippen molar-refractivity contribution in [2.75, 3.05) is 0 Å². The van der Waals surface area contributed by atoms with Gasteiger partial charge in [0.05, 0.1) is 0 Å². The highest BCUT2D eigenvalue weighted by Crippen LogP contribution is 2.42. The molecule has 0 N–H and O–H groups in total. The Morgan fingerprint density at radius 2 is 0.692 bits per heavy atom. The Morgan fingerprint density at radius 3 is 1.04 bits per heavy atom. The molecular formula is C26H21. The van der Waals surface area contributed by atoms with E-state index in [1.165, 1.54) is 22.3 Å². The van der Waals surface area contributed by atoms with Gasteiger partial charge in [-0.3, -0.25) is 0 Å². The topological polar surface area (TPSA) is 0 Å². The van der Waals surface area contributed by atoms with Crippen molar-refractivity contribution in [3.8, 4) is 0 Å². The molecule has 0 bridgehead atoms. The van der Waals surface area contributed by atoms with Gasteiger partial charge < -0.3 is 0 Å². The van der Waals surface area contributed by atoms with E-state index in [0.717, 1.165) is 0 Å². The fraction of sp³-hybridized carbons (Fsp3) is 0.0769. The predicted molar refractivity (Wildman–Crippen MR) is 108 cm³/mol. The van der Waals surface area contributed by atoms with Crippen molar-refractivity contribution >= 4 is 0 Å². The van der Waals surface area contributed by atoms with Crippen LogP contribution >= 0.6 is 0 Å². The second-order valence-corrected chi connectivity index (χ2v) is 6.52. The number of rotatable bonds is 5. The minimum atomic E-state index is 0.246. The van der Waals surface area contributed by atoms with Gasteiger partial charge in [0, 0.05) is 11.8 Å². The molecule has 125 valence electrons. The summed E-state index contributed by atoms with van der Waals surface area (Å²) in [5.74, 6) is 0.498. The molecule has 26 heavy (non-hydrogen) atoms. The van der Waals surface area contributed by atoms with Gasteiger partial charge in [0.2, 0.25) is 0 Å². The largest absolute Gasteiger partial charge is 0.0622 e. The molecule has 4 aromatic rings. The summed E-state index contributed by atoms with van der Waals surface area (Å²) >= 11 is 0. The first kappa shape index (κ1) is 16.4. The van der Waals surface area contributed by atoms with Crippen molar-refractivity contribution in [2.24, 2.45) is 0 Å². The Kier molecular flexibility index (Phi) is 4.93. The van der Waals surface area contributed by atoms with Gasteiger partial charge in [0.25, 0.3) is 0 Å². The molecule has 1 unspecified atom stereocenters. The summed E-state index contributed by atoms with van der Waals surface area (Å²) in [7, 11) is 0. The van der Waals surface area contributed by atoms with E-state index in [-0.39, 0.29) is 11.8 Å². The van der Waals surface area contributed by atoms with Crippen molar-refractivity contribution in [3.05, 3.63) is 144 Å². The second-order valence-electron chi connectivity index (χ2n) is 6.52. The number of hydrogen-bond acceptors (Lipinski definition) is 0. The van der Waals surface area contributed by atoms with Crippen LogP contribution in [0.1, 0.15) is 34.1 Å². The van der Waals surface area contributed by atoms with Gasteiger partial charge in [-0.1, -0.05) is 115 Å². The molecule has 0 aliphatic heterocycles. The molecule has 0 saturated carbocycles. The lowest BCUT2D eigenvalue weighted by Crippen LogP contribution is -2.14. The van der Waals surface area contributed by atoms with Crippen LogP contribution in [0, 0.1) is 6.07 Å². The molecule has 1 atom stereocenters. The molecule has 0 aliphatic carbocycles.